The van der Waals surface area contributed by atoms with E-state index in [4.69, 9.17) is 0 Å². The Morgan fingerprint density at radius 2 is 1.70 bits per heavy atom. The molecule has 5 nitrogen and oxygen atoms in total. The predicted octanol–water partition coefficient (Wildman–Crippen LogP) is 4.19. The summed E-state index contributed by atoms with van der Waals surface area (Å²) in [5.41, 5.74) is 1.35. The van der Waals surface area contributed by atoms with Gasteiger partial charge in [0.1, 0.15) is 6.54 Å². The van der Waals surface area contributed by atoms with Crippen molar-refractivity contribution in [2.45, 2.75) is 43.0 Å². The lowest BCUT2D eigenvalue weighted by Gasteiger charge is -2.37. The van der Waals surface area contributed by atoms with Gasteiger partial charge in [0.25, 0.3) is 0 Å². The lowest BCUT2D eigenvalue weighted by atomic mass is 9.84. The minimum Gasteiger partial charge on any atom is -0.301 e. The Morgan fingerprint density at radius 1 is 1.00 bits per heavy atom. The number of imide groups is 1. The highest BCUT2D eigenvalue weighted by molar-refractivity contribution is 7.99. The van der Waals surface area contributed by atoms with E-state index >= 15 is 0 Å². The van der Waals surface area contributed by atoms with Crippen molar-refractivity contribution >= 4 is 35.2 Å². The van der Waals surface area contributed by atoms with Gasteiger partial charge in [-0.2, -0.15) is 0 Å². The van der Waals surface area contributed by atoms with E-state index in [0.29, 0.717) is 0 Å². The van der Waals surface area contributed by atoms with Gasteiger partial charge in [-0.1, -0.05) is 55.3 Å². The minimum atomic E-state index is -0.550. The Bertz CT molecular complexity index is 1000. The number of benzene rings is 2. The Labute approximate surface area is 180 Å². The van der Waals surface area contributed by atoms with E-state index in [2.05, 4.69) is 0 Å². The maximum Gasteiger partial charge on any atom is 0.247 e. The first kappa shape index (κ1) is 19.4. The molecule has 2 fully saturated rings. The molecular weight excluding hydrogens is 396 g/mol. The number of anilines is 1. The van der Waals surface area contributed by atoms with Gasteiger partial charge in [-0.3, -0.25) is 19.3 Å². The van der Waals surface area contributed by atoms with Gasteiger partial charge in [0.15, 0.2) is 0 Å². The average Bonchev–Trinajstić information content (AvgIpc) is 3.34. The van der Waals surface area contributed by atoms with Crippen LogP contribution < -0.4 is 4.90 Å². The summed E-state index contributed by atoms with van der Waals surface area (Å²) in [6.07, 6.45) is 3.74. The number of likely N-dealkylation sites (tertiary alicyclic amines) is 1. The lowest BCUT2D eigenvalue weighted by molar-refractivity contribution is -0.144. The molecule has 0 bridgehead atoms. The van der Waals surface area contributed by atoms with Crippen LogP contribution in [0.4, 0.5) is 5.69 Å². The molecular formula is C24H24N2O3S. The molecule has 0 radical (unpaired) electrons. The number of carbonyl (C=O) groups excluding carboxylic acids is 3. The molecule has 154 valence electrons. The molecule has 0 N–H and O–H groups in total. The molecule has 0 aromatic heterocycles. The Hall–Kier alpha value is -2.60. The highest BCUT2D eigenvalue weighted by Crippen LogP contribution is 2.47. The van der Waals surface area contributed by atoms with Gasteiger partial charge in [0.2, 0.25) is 17.7 Å². The van der Waals surface area contributed by atoms with Crippen molar-refractivity contribution < 1.29 is 14.4 Å². The van der Waals surface area contributed by atoms with E-state index in [1.165, 1.54) is 4.90 Å². The fourth-order valence-electron chi connectivity index (χ4n) is 5.09. The van der Waals surface area contributed by atoms with Gasteiger partial charge in [-0.25, -0.2) is 0 Å². The largest absolute Gasteiger partial charge is 0.301 e. The van der Waals surface area contributed by atoms with Crippen molar-refractivity contribution in [2.75, 3.05) is 17.2 Å². The predicted molar refractivity (Wildman–Crippen MR) is 116 cm³/mol. The van der Waals surface area contributed by atoms with E-state index in [1.54, 1.807) is 16.7 Å². The van der Waals surface area contributed by atoms with Crippen LogP contribution in [-0.2, 0) is 14.4 Å². The Morgan fingerprint density at radius 3 is 2.47 bits per heavy atom. The molecule has 0 unspecified atom stereocenters. The zero-order valence-electron chi connectivity index (χ0n) is 16.8. The number of hydrogen-bond donors (Lipinski definition) is 0. The van der Waals surface area contributed by atoms with Crippen LogP contribution in [0.15, 0.2) is 59.5 Å². The molecule has 1 saturated heterocycles. The fraction of sp³-hybridized carbons (Fsp3) is 0.375. The van der Waals surface area contributed by atoms with Gasteiger partial charge < -0.3 is 4.90 Å². The third-order valence-corrected chi connectivity index (χ3v) is 7.77. The number of amides is 3. The van der Waals surface area contributed by atoms with Crippen LogP contribution in [0, 0.1) is 5.41 Å². The van der Waals surface area contributed by atoms with Gasteiger partial charge >= 0.3 is 0 Å². The van der Waals surface area contributed by atoms with E-state index < -0.39 is 5.41 Å². The monoisotopic (exact) mass is 420 g/mol. The number of nitrogens with zero attached hydrogens (tertiary/aromatic N) is 2. The van der Waals surface area contributed by atoms with Crippen LogP contribution in [0.1, 0.15) is 43.7 Å². The first-order valence-electron chi connectivity index (χ1n) is 10.5. The summed E-state index contributed by atoms with van der Waals surface area (Å²) < 4.78 is 0. The Kier molecular flexibility index (Phi) is 4.89. The summed E-state index contributed by atoms with van der Waals surface area (Å²) in [5, 5.41) is 0. The fourth-order valence-corrected chi connectivity index (χ4v) is 6.26. The summed E-state index contributed by atoms with van der Waals surface area (Å²) in [7, 11) is 0. The zero-order valence-corrected chi connectivity index (χ0v) is 17.6. The third-order valence-electron chi connectivity index (χ3n) is 6.63. The molecule has 1 aliphatic carbocycles. The summed E-state index contributed by atoms with van der Waals surface area (Å²) in [6.45, 7) is -0.179. The van der Waals surface area contributed by atoms with Crippen LogP contribution in [-0.4, -0.2) is 34.9 Å². The maximum absolute atomic E-state index is 13.6. The second-order valence-electron chi connectivity index (χ2n) is 8.42. The number of fused-ring (bicyclic) bond motifs is 1. The van der Waals surface area contributed by atoms with Crippen molar-refractivity contribution in [1.29, 1.82) is 0 Å². The minimum absolute atomic E-state index is 0.133. The summed E-state index contributed by atoms with van der Waals surface area (Å²) in [6, 6.07) is 17.7. The maximum atomic E-state index is 13.6. The van der Waals surface area contributed by atoms with Crippen LogP contribution in [0.5, 0.6) is 0 Å². The standard InChI is InChI=1S/C24H24N2O3S/c27-21-14-24(12-6-7-13-24)23(29)25(21)15-22(28)26-18-10-4-5-11-20(18)30-16-19(26)17-8-2-1-3-9-17/h1-5,8-11,19H,6-7,12-16H2/t19-/m1/s1. The van der Waals surface area contributed by atoms with Gasteiger partial charge in [-0.15, -0.1) is 11.8 Å². The number of rotatable bonds is 3. The second kappa shape index (κ2) is 7.58. The SMILES string of the molecule is O=C1CC2(CCCC2)C(=O)N1CC(=O)N1c2ccccc2SC[C@@H]1c1ccccc1. The van der Waals surface area contributed by atoms with Crippen molar-refractivity contribution in [3.8, 4) is 0 Å². The average molecular weight is 421 g/mol. The molecule has 6 heteroatoms. The van der Waals surface area contributed by atoms with Gasteiger partial charge in [0.05, 0.1) is 17.1 Å². The quantitative estimate of drug-likeness (QED) is 0.699. The Balaban J connectivity index is 1.46. The van der Waals surface area contributed by atoms with Crippen molar-refractivity contribution in [3.63, 3.8) is 0 Å². The molecule has 5 rings (SSSR count). The van der Waals surface area contributed by atoms with E-state index in [0.717, 1.165) is 47.6 Å². The third kappa shape index (κ3) is 3.14. The van der Waals surface area contributed by atoms with Crippen molar-refractivity contribution in [1.82, 2.24) is 4.90 Å². The molecule has 2 aliphatic heterocycles. The molecule has 2 heterocycles. The second-order valence-corrected chi connectivity index (χ2v) is 9.48. The highest BCUT2D eigenvalue weighted by Gasteiger charge is 2.53. The molecule has 3 aliphatic rings. The molecule has 30 heavy (non-hydrogen) atoms. The number of carbonyl (C=O) groups is 3. The van der Waals surface area contributed by atoms with Crippen LogP contribution in [0.25, 0.3) is 0 Å². The normalized spacial score (nSPS) is 22.6. The van der Waals surface area contributed by atoms with Crippen LogP contribution in [0.2, 0.25) is 0 Å². The van der Waals surface area contributed by atoms with Gasteiger partial charge in [-0.05, 0) is 30.5 Å². The van der Waals surface area contributed by atoms with Crippen molar-refractivity contribution in [2.24, 2.45) is 5.41 Å². The molecule has 2 aromatic rings. The zero-order chi connectivity index (χ0) is 20.7. The van der Waals surface area contributed by atoms with Crippen LogP contribution in [0.3, 0.4) is 0 Å². The van der Waals surface area contributed by atoms with E-state index in [9.17, 15) is 14.4 Å². The molecule has 1 atom stereocenters. The number of hydrogen-bond acceptors (Lipinski definition) is 4. The topological polar surface area (TPSA) is 57.7 Å². The summed E-state index contributed by atoms with van der Waals surface area (Å²) in [4.78, 5) is 43.4. The molecule has 2 aromatic carbocycles. The molecule has 3 amide bonds. The number of thioether (sulfide) groups is 1. The van der Waals surface area contributed by atoms with Gasteiger partial charge in [0, 0.05) is 17.1 Å². The van der Waals surface area contributed by atoms with E-state index in [-0.39, 0.29) is 36.7 Å². The van der Waals surface area contributed by atoms with E-state index in [1.807, 2.05) is 54.6 Å². The highest BCUT2D eigenvalue weighted by atomic mass is 32.2. The summed E-state index contributed by atoms with van der Waals surface area (Å²) in [5.74, 6) is 0.187. The van der Waals surface area contributed by atoms with Crippen LogP contribution >= 0.6 is 11.8 Å². The molecule has 1 saturated carbocycles. The van der Waals surface area contributed by atoms with Crippen molar-refractivity contribution in [3.05, 3.63) is 60.2 Å². The first-order valence-corrected chi connectivity index (χ1v) is 11.5. The first-order chi connectivity index (χ1) is 14.6. The summed E-state index contributed by atoms with van der Waals surface area (Å²) >= 11 is 1.73. The smallest absolute Gasteiger partial charge is 0.247 e. The lowest BCUT2D eigenvalue weighted by Crippen LogP contribution is -2.47. The number of para-hydroxylation sites is 1. The molecule has 1 spiro atoms.